The molecule has 0 spiro atoms. The van der Waals surface area contributed by atoms with Crippen LogP contribution in [0, 0.1) is 0 Å². The normalized spacial score (nSPS) is 18.7. The fourth-order valence-corrected chi connectivity index (χ4v) is 3.13. The molecule has 1 amide bonds. The third kappa shape index (κ3) is 3.91. The number of rotatable bonds is 8. The Morgan fingerprint density at radius 2 is 1.93 bits per heavy atom. The quantitative estimate of drug-likeness (QED) is 0.544. The molecule has 2 aromatic rings. The molecule has 2 N–H and O–H groups in total. The Hall–Kier alpha value is -3.42. The maximum Gasteiger partial charge on any atom is 0.387 e. The molecule has 0 aliphatic carbocycles. The lowest BCUT2D eigenvalue weighted by atomic mass is 9.82. The van der Waals surface area contributed by atoms with Gasteiger partial charge in [-0.3, -0.25) is 9.69 Å². The summed E-state index contributed by atoms with van der Waals surface area (Å²) >= 11 is 0. The number of carbonyl (C=O) groups is 1. The first-order valence-electron chi connectivity index (χ1n) is 8.91. The molecule has 152 valence electrons. The number of carbonyl (C=O) groups excluding carboxylic acids is 1. The zero-order valence-electron chi connectivity index (χ0n) is 15.8. The van der Waals surface area contributed by atoms with Crippen LogP contribution in [0.15, 0.2) is 66.2 Å². The van der Waals surface area contributed by atoms with E-state index in [4.69, 9.17) is 10.5 Å². The summed E-state index contributed by atoms with van der Waals surface area (Å²) in [6.45, 7) is 1.16. The molecule has 8 heteroatoms. The molecule has 0 radical (unpaired) electrons. The fraction of sp³-hybridized carbons (Fsp3) is 0.238. The second kappa shape index (κ2) is 8.30. The first-order valence-corrected chi connectivity index (χ1v) is 8.91. The number of benzene rings is 2. The van der Waals surface area contributed by atoms with Gasteiger partial charge in [0.2, 0.25) is 0 Å². The molecule has 0 saturated heterocycles. The molecule has 0 bridgehead atoms. The monoisotopic (exact) mass is 401 g/mol. The Labute approximate surface area is 167 Å². The largest absolute Gasteiger partial charge is 0.493 e. The van der Waals surface area contributed by atoms with E-state index in [1.807, 2.05) is 0 Å². The minimum atomic E-state index is -2.94. The number of halogens is 2. The molecule has 29 heavy (non-hydrogen) atoms. The molecule has 1 aliphatic rings. The molecule has 1 aliphatic heterocycles. The van der Waals surface area contributed by atoms with Crippen molar-refractivity contribution in [2.45, 2.75) is 18.6 Å². The number of hydrogen-bond acceptors (Lipinski definition) is 5. The number of alkyl halides is 2. The highest BCUT2D eigenvalue weighted by atomic mass is 19.3. The van der Waals surface area contributed by atoms with Crippen molar-refractivity contribution in [2.75, 3.05) is 13.7 Å². The van der Waals surface area contributed by atoms with Crippen molar-refractivity contribution in [2.24, 2.45) is 10.7 Å². The minimum Gasteiger partial charge on any atom is -0.493 e. The maximum atomic E-state index is 13.2. The maximum absolute atomic E-state index is 13.2. The molecule has 0 unspecified atom stereocenters. The van der Waals surface area contributed by atoms with Gasteiger partial charge >= 0.3 is 6.61 Å². The van der Waals surface area contributed by atoms with Crippen molar-refractivity contribution in [1.29, 1.82) is 0 Å². The summed E-state index contributed by atoms with van der Waals surface area (Å²) in [7, 11) is 1.53. The number of aliphatic imine (C=N–C) groups is 1. The van der Waals surface area contributed by atoms with Crippen molar-refractivity contribution < 1.29 is 23.0 Å². The summed E-state index contributed by atoms with van der Waals surface area (Å²) in [5, 5.41) is 0. The van der Waals surface area contributed by atoms with Crippen LogP contribution in [0.1, 0.15) is 17.5 Å². The van der Waals surface area contributed by atoms with Crippen molar-refractivity contribution in [3.05, 3.63) is 72.3 Å². The second-order valence-electron chi connectivity index (χ2n) is 6.40. The van der Waals surface area contributed by atoms with Crippen LogP contribution in [-0.4, -0.2) is 37.0 Å². The van der Waals surface area contributed by atoms with E-state index in [0.717, 1.165) is 0 Å². The summed E-state index contributed by atoms with van der Waals surface area (Å²) in [5.74, 6) is 0.246. The first-order chi connectivity index (χ1) is 13.9. The molecule has 1 heterocycles. The van der Waals surface area contributed by atoms with E-state index in [2.05, 4.69) is 16.3 Å². The first kappa shape index (κ1) is 20.3. The van der Waals surface area contributed by atoms with Crippen LogP contribution >= 0.6 is 0 Å². The Balaban J connectivity index is 2.06. The van der Waals surface area contributed by atoms with Crippen LogP contribution < -0.4 is 15.2 Å². The zero-order chi connectivity index (χ0) is 21.0. The van der Waals surface area contributed by atoms with Crippen LogP contribution in [0.25, 0.3) is 0 Å². The Morgan fingerprint density at radius 3 is 2.52 bits per heavy atom. The van der Waals surface area contributed by atoms with E-state index in [-0.39, 0.29) is 17.6 Å². The van der Waals surface area contributed by atoms with E-state index in [9.17, 15) is 13.6 Å². The van der Waals surface area contributed by atoms with Gasteiger partial charge in [0.15, 0.2) is 11.5 Å². The molecule has 2 aromatic carbocycles. The number of guanidine groups is 1. The smallest absolute Gasteiger partial charge is 0.387 e. The molecular weight excluding hydrogens is 380 g/mol. The lowest BCUT2D eigenvalue weighted by Crippen LogP contribution is -2.41. The molecule has 0 saturated carbocycles. The van der Waals surface area contributed by atoms with Gasteiger partial charge in [-0.2, -0.15) is 8.78 Å². The van der Waals surface area contributed by atoms with Gasteiger partial charge in [0.1, 0.15) is 11.5 Å². The van der Waals surface area contributed by atoms with E-state index < -0.39 is 12.2 Å². The highest BCUT2D eigenvalue weighted by Crippen LogP contribution is 2.40. The van der Waals surface area contributed by atoms with Crippen LogP contribution in [0.3, 0.4) is 0 Å². The summed E-state index contributed by atoms with van der Waals surface area (Å²) in [5.41, 5.74) is 5.52. The molecule has 3 rings (SSSR count). The third-order valence-corrected chi connectivity index (χ3v) is 4.58. The number of nitrogens with zero attached hydrogens (tertiary/aromatic N) is 2. The van der Waals surface area contributed by atoms with E-state index >= 15 is 0 Å². The third-order valence-electron chi connectivity index (χ3n) is 4.58. The van der Waals surface area contributed by atoms with Gasteiger partial charge in [0, 0.05) is 7.05 Å². The van der Waals surface area contributed by atoms with Gasteiger partial charge in [-0.05, 0) is 41.8 Å². The van der Waals surface area contributed by atoms with Crippen LogP contribution in [0.4, 0.5) is 8.78 Å². The topological polar surface area (TPSA) is 77.2 Å². The molecule has 0 aromatic heterocycles. The van der Waals surface area contributed by atoms with Crippen LogP contribution in [0.5, 0.6) is 11.5 Å². The van der Waals surface area contributed by atoms with E-state index in [1.165, 1.54) is 36.2 Å². The lowest BCUT2D eigenvalue weighted by molar-refractivity contribution is -0.129. The number of likely N-dealkylation sites (N-methyl/N-ethyl adjacent to an activating group) is 1. The Morgan fingerprint density at radius 1 is 1.21 bits per heavy atom. The summed E-state index contributed by atoms with van der Waals surface area (Å²) in [4.78, 5) is 18.9. The highest BCUT2D eigenvalue weighted by molar-refractivity contribution is 6.08. The number of amides is 1. The van der Waals surface area contributed by atoms with Gasteiger partial charge in [0.25, 0.3) is 5.91 Å². The number of ether oxygens (including phenoxy) is 2. The minimum absolute atomic E-state index is 0.0174. The molecule has 0 fully saturated rings. The number of hydrogen-bond donors (Lipinski definition) is 1. The SMILES string of the molecule is C=CCCOc1cccc([C@@]2(c3ccc(OC(F)F)cc3)N=C(N)N(C)C2=O)c1. The fourth-order valence-electron chi connectivity index (χ4n) is 3.13. The average molecular weight is 401 g/mol. The molecule has 6 nitrogen and oxygen atoms in total. The standard InChI is InChI=1S/C21H21F2N3O3/c1-3-4-12-28-17-7-5-6-15(13-17)21(18(27)26(2)20(24)25-21)14-8-10-16(11-9-14)29-19(22)23/h3,5-11,13,19H,1,4,12H2,2H3,(H2,24,25)/t21-/m1/s1. The van der Waals surface area contributed by atoms with Crippen LogP contribution in [-0.2, 0) is 10.3 Å². The van der Waals surface area contributed by atoms with Crippen molar-refractivity contribution >= 4 is 11.9 Å². The lowest BCUT2D eigenvalue weighted by Gasteiger charge is -2.26. The van der Waals surface area contributed by atoms with Crippen LogP contribution in [0.2, 0.25) is 0 Å². The molecular formula is C21H21F2N3O3. The summed E-state index contributed by atoms with van der Waals surface area (Å²) in [6.07, 6.45) is 2.42. The molecule has 1 atom stereocenters. The highest BCUT2D eigenvalue weighted by Gasteiger charge is 2.49. The average Bonchev–Trinajstić information content (AvgIpc) is 2.93. The second-order valence-corrected chi connectivity index (χ2v) is 6.40. The predicted molar refractivity (Wildman–Crippen MR) is 105 cm³/mol. The van der Waals surface area contributed by atoms with Gasteiger partial charge < -0.3 is 15.2 Å². The summed E-state index contributed by atoms with van der Waals surface area (Å²) in [6, 6.07) is 12.8. The van der Waals surface area contributed by atoms with E-state index in [0.29, 0.717) is 29.9 Å². The van der Waals surface area contributed by atoms with Gasteiger partial charge in [-0.15, -0.1) is 6.58 Å². The number of nitrogens with two attached hydrogens (primary N) is 1. The Bertz CT molecular complexity index is 931. The van der Waals surface area contributed by atoms with Gasteiger partial charge in [-0.25, -0.2) is 4.99 Å². The zero-order valence-corrected chi connectivity index (χ0v) is 15.8. The summed E-state index contributed by atoms with van der Waals surface area (Å²) < 4.78 is 35.0. The van der Waals surface area contributed by atoms with Crippen molar-refractivity contribution in [1.82, 2.24) is 4.90 Å². The van der Waals surface area contributed by atoms with Gasteiger partial charge in [-0.1, -0.05) is 30.3 Å². The van der Waals surface area contributed by atoms with Crippen molar-refractivity contribution in [3.8, 4) is 11.5 Å². The Kier molecular flexibility index (Phi) is 5.81. The predicted octanol–water partition coefficient (Wildman–Crippen LogP) is 3.27. The van der Waals surface area contributed by atoms with Gasteiger partial charge in [0.05, 0.1) is 6.61 Å². The van der Waals surface area contributed by atoms with E-state index in [1.54, 1.807) is 30.3 Å². The van der Waals surface area contributed by atoms with Crippen molar-refractivity contribution in [3.63, 3.8) is 0 Å².